The van der Waals surface area contributed by atoms with E-state index in [9.17, 15) is 9.59 Å². The monoisotopic (exact) mass is 247 g/mol. The van der Waals surface area contributed by atoms with E-state index in [2.05, 4.69) is 5.32 Å². The summed E-state index contributed by atoms with van der Waals surface area (Å²) in [4.78, 5) is 21.9. The highest BCUT2D eigenvalue weighted by atomic mass is 16.4. The van der Waals surface area contributed by atoms with Crippen LogP contribution < -0.4 is 5.32 Å². The van der Waals surface area contributed by atoms with Crippen molar-refractivity contribution in [3.8, 4) is 0 Å². The van der Waals surface area contributed by atoms with Gasteiger partial charge in [-0.3, -0.25) is 4.79 Å². The van der Waals surface area contributed by atoms with Crippen LogP contribution >= 0.6 is 0 Å². The van der Waals surface area contributed by atoms with Gasteiger partial charge in [0.25, 0.3) is 0 Å². The molecule has 0 aliphatic rings. The first-order valence-electron chi connectivity index (χ1n) is 5.90. The van der Waals surface area contributed by atoms with Crippen molar-refractivity contribution in [2.45, 2.75) is 25.8 Å². The number of benzene rings is 1. The van der Waals surface area contributed by atoms with E-state index in [4.69, 9.17) is 5.11 Å². The van der Waals surface area contributed by atoms with Gasteiger partial charge < -0.3 is 10.4 Å². The van der Waals surface area contributed by atoms with Gasteiger partial charge in [0.1, 0.15) is 0 Å². The summed E-state index contributed by atoms with van der Waals surface area (Å²) in [6.45, 7) is 2.04. The van der Waals surface area contributed by atoms with E-state index in [1.54, 1.807) is 0 Å². The molecule has 0 bridgehead atoms. The van der Waals surface area contributed by atoms with E-state index in [1.165, 1.54) is 0 Å². The van der Waals surface area contributed by atoms with Crippen LogP contribution in [0.2, 0.25) is 0 Å². The number of carbonyl (C=O) groups is 2. The van der Waals surface area contributed by atoms with E-state index in [0.717, 1.165) is 30.6 Å². The Labute approximate surface area is 106 Å². The minimum absolute atomic E-state index is 0.0813. The molecule has 0 fully saturated rings. The normalized spacial score (nSPS) is 12.3. The Morgan fingerprint density at radius 3 is 2.50 bits per heavy atom. The van der Waals surface area contributed by atoms with Crippen LogP contribution in [0.4, 0.5) is 0 Å². The summed E-state index contributed by atoms with van der Waals surface area (Å²) in [5.74, 6) is -1.52. The molecule has 0 radical (unpaired) electrons. The lowest BCUT2D eigenvalue weighted by molar-refractivity contribution is -0.131. The minimum atomic E-state index is -1.13. The molecule has 1 rings (SSSR count). The molecule has 0 spiro atoms. The molecule has 0 heterocycles. The Kier molecular flexibility index (Phi) is 5.64. The van der Waals surface area contributed by atoms with Gasteiger partial charge in [0.15, 0.2) is 0 Å². The first-order valence-corrected chi connectivity index (χ1v) is 5.90. The molecule has 0 saturated carbocycles. The van der Waals surface area contributed by atoms with Crippen molar-refractivity contribution in [2.24, 2.45) is 0 Å². The van der Waals surface area contributed by atoms with E-state index in [1.807, 2.05) is 37.3 Å². The third-order valence-corrected chi connectivity index (χ3v) is 2.47. The van der Waals surface area contributed by atoms with Crippen LogP contribution in [-0.4, -0.2) is 17.0 Å². The van der Waals surface area contributed by atoms with Crippen molar-refractivity contribution in [3.05, 3.63) is 48.0 Å². The molecule has 1 aromatic carbocycles. The molecule has 0 aromatic heterocycles. The topological polar surface area (TPSA) is 66.4 Å². The first-order chi connectivity index (χ1) is 8.63. The SMILES string of the molecule is CCCC(NC(=O)/C=C/C(=O)O)c1ccccc1. The summed E-state index contributed by atoms with van der Waals surface area (Å²) in [5, 5.41) is 11.3. The van der Waals surface area contributed by atoms with Crippen LogP contribution in [-0.2, 0) is 9.59 Å². The maximum Gasteiger partial charge on any atom is 0.328 e. The molecule has 1 unspecified atom stereocenters. The third-order valence-electron chi connectivity index (χ3n) is 2.47. The number of rotatable bonds is 6. The fourth-order valence-electron chi connectivity index (χ4n) is 1.66. The van der Waals surface area contributed by atoms with Gasteiger partial charge in [0.05, 0.1) is 6.04 Å². The molecule has 0 aliphatic heterocycles. The molecule has 0 saturated heterocycles. The minimum Gasteiger partial charge on any atom is -0.478 e. The standard InChI is InChI=1S/C14H17NO3/c1-2-6-12(11-7-4-3-5-8-11)15-13(16)9-10-14(17)18/h3-5,7-10,12H,2,6H2,1H3,(H,15,16)(H,17,18)/b10-9+. The highest BCUT2D eigenvalue weighted by Crippen LogP contribution is 2.17. The average molecular weight is 247 g/mol. The predicted molar refractivity (Wildman–Crippen MR) is 69.0 cm³/mol. The van der Waals surface area contributed by atoms with Crippen LogP contribution in [0.1, 0.15) is 31.4 Å². The number of hydrogen-bond acceptors (Lipinski definition) is 2. The van der Waals surface area contributed by atoms with Crippen molar-refractivity contribution in [3.63, 3.8) is 0 Å². The van der Waals surface area contributed by atoms with E-state index in [-0.39, 0.29) is 11.9 Å². The van der Waals surface area contributed by atoms with Crippen molar-refractivity contribution >= 4 is 11.9 Å². The molecule has 0 aliphatic carbocycles. The van der Waals surface area contributed by atoms with Crippen LogP contribution in [0.3, 0.4) is 0 Å². The Bertz CT molecular complexity index is 426. The molecule has 1 amide bonds. The van der Waals surface area contributed by atoms with Crippen molar-refractivity contribution < 1.29 is 14.7 Å². The second kappa shape index (κ2) is 7.27. The van der Waals surface area contributed by atoms with Gasteiger partial charge in [0, 0.05) is 12.2 Å². The van der Waals surface area contributed by atoms with Gasteiger partial charge >= 0.3 is 5.97 Å². The number of carboxylic acids is 1. The lowest BCUT2D eigenvalue weighted by atomic mass is 10.0. The van der Waals surface area contributed by atoms with Gasteiger partial charge in [0.2, 0.25) is 5.91 Å². The summed E-state index contributed by atoms with van der Waals surface area (Å²) < 4.78 is 0. The number of carboxylic acid groups (broad SMARTS) is 1. The lowest BCUT2D eigenvalue weighted by Crippen LogP contribution is -2.26. The highest BCUT2D eigenvalue weighted by Gasteiger charge is 2.11. The number of nitrogens with one attached hydrogen (secondary N) is 1. The molecular formula is C14H17NO3. The summed E-state index contributed by atoms with van der Waals surface area (Å²) >= 11 is 0. The molecule has 96 valence electrons. The molecule has 1 aromatic rings. The number of aliphatic carboxylic acids is 1. The summed E-state index contributed by atoms with van der Waals surface area (Å²) in [6.07, 6.45) is 3.62. The van der Waals surface area contributed by atoms with E-state index in [0.29, 0.717) is 0 Å². The van der Waals surface area contributed by atoms with Crippen molar-refractivity contribution in [2.75, 3.05) is 0 Å². The van der Waals surface area contributed by atoms with Gasteiger partial charge in [-0.05, 0) is 12.0 Å². The first kappa shape index (κ1) is 14.0. The smallest absolute Gasteiger partial charge is 0.328 e. The third kappa shape index (κ3) is 4.82. The number of carbonyl (C=O) groups excluding carboxylic acids is 1. The van der Waals surface area contributed by atoms with Crippen LogP contribution in [0.15, 0.2) is 42.5 Å². The highest BCUT2D eigenvalue weighted by molar-refractivity contribution is 5.94. The lowest BCUT2D eigenvalue weighted by Gasteiger charge is -2.17. The molecular weight excluding hydrogens is 230 g/mol. The number of amides is 1. The zero-order chi connectivity index (χ0) is 13.4. The van der Waals surface area contributed by atoms with Crippen LogP contribution in [0.25, 0.3) is 0 Å². The fraction of sp³-hybridized carbons (Fsp3) is 0.286. The summed E-state index contributed by atoms with van der Waals surface area (Å²) in [6, 6.07) is 9.55. The van der Waals surface area contributed by atoms with Crippen LogP contribution in [0, 0.1) is 0 Å². The predicted octanol–water partition coefficient (Wildman–Crippen LogP) is 2.28. The zero-order valence-electron chi connectivity index (χ0n) is 10.3. The fourth-order valence-corrected chi connectivity index (χ4v) is 1.66. The van der Waals surface area contributed by atoms with Gasteiger partial charge in [-0.1, -0.05) is 43.7 Å². The molecule has 1 atom stereocenters. The van der Waals surface area contributed by atoms with Gasteiger partial charge in [-0.25, -0.2) is 4.79 Å². The summed E-state index contributed by atoms with van der Waals surface area (Å²) in [5.41, 5.74) is 1.02. The molecule has 4 nitrogen and oxygen atoms in total. The van der Waals surface area contributed by atoms with E-state index >= 15 is 0 Å². The Balaban J connectivity index is 2.69. The van der Waals surface area contributed by atoms with Crippen LogP contribution in [0.5, 0.6) is 0 Å². The molecule has 4 heteroatoms. The second-order valence-electron chi connectivity index (χ2n) is 3.93. The number of hydrogen-bond donors (Lipinski definition) is 2. The summed E-state index contributed by atoms with van der Waals surface area (Å²) in [7, 11) is 0. The Hall–Kier alpha value is -2.10. The van der Waals surface area contributed by atoms with Gasteiger partial charge in [-0.2, -0.15) is 0 Å². The zero-order valence-corrected chi connectivity index (χ0v) is 10.3. The second-order valence-corrected chi connectivity index (χ2v) is 3.93. The largest absolute Gasteiger partial charge is 0.478 e. The van der Waals surface area contributed by atoms with Crippen molar-refractivity contribution in [1.82, 2.24) is 5.32 Å². The van der Waals surface area contributed by atoms with Gasteiger partial charge in [-0.15, -0.1) is 0 Å². The Morgan fingerprint density at radius 2 is 1.94 bits per heavy atom. The quantitative estimate of drug-likeness (QED) is 0.758. The molecule has 18 heavy (non-hydrogen) atoms. The van der Waals surface area contributed by atoms with E-state index < -0.39 is 5.97 Å². The maximum atomic E-state index is 11.5. The average Bonchev–Trinajstić information content (AvgIpc) is 2.37. The Morgan fingerprint density at radius 1 is 1.28 bits per heavy atom. The molecule has 2 N–H and O–H groups in total. The maximum absolute atomic E-state index is 11.5. The van der Waals surface area contributed by atoms with Crippen molar-refractivity contribution in [1.29, 1.82) is 0 Å².